The van der Waals surface area contributed by atoms with E-state index in [2.05, 4.69) is 5.32 Å². The number of carbonyl (C=O) groups excluding carboxylic acids is 2. The highest BCUT2D eigenvalue weighted by Crippen LogP contribution is 2.27. The van der Waals surface area contributed by atoms with E-state index in [4.69, 9.17) is 0 Å². The lowest BCUT2D eigenvalue weighted by atomic mass is 10.0. The number of thioether (sulfide) groups is 1. The highest BCUT2D eigenvalue weighted by atomic mass is 32.2. The second-order valence-electron chi connectivity index (χ2n) is 3.25. The van der Waals surface area contributed by atoms with Crippen LogP contribution < -0.4 is 5.32 Å². The third-order valence-corrected chi connectivity index (χ3v) is 3.37. The summed E-state index contributed by atoms with van der Waals surface area (Å²) < 4.78 is 0. The summed E-state index contributed by atoms with van der Waals surface area (Å²) in [7, 11) is 0. The molecule has 0 spiro atoms. The van der Waals surface area contributed by atoms with Gasteiger partial charge in [-0.2, -0.15) is 11.8 Å². The predicted molar refractivity (Wildman–Crippen MR) is 51.4 cm³/mol. The van der Waals surface area contributed by atoms with Crippen LogP contribution in [0.1, 0.15) is 19.3 Å². The fourth-order valence-electron chi connectivity index (χ4n) is 1.69. The quantitative estimate of drug-likeness (QED) is 0.462. The average molecular weight is 197 g/mol. The number of carbonyl (C=O) groups is 2. The standard InChI is InChI=1S/C9H11NO2S/c11-8-5-7(9(12)10-8)6-1-3-13-4-2-6/h1-5H2,(H,10,11,12). The predicted octanol–water partition coefficient (Wildman–Crippen LogP) is 0.856. The zero-order valence-electron chi connectivity index (χ0n) is 7.26. The first-order valence-corrected chi connectivity index (χ1v) is 5.55. The molecule has 0 saturated carbocycles. The van der Waals surface area contributed by atoms with Gasteiger partial charge >= 0.3 is 0 Å². The number of amides is 2. The Balaban J connectivity index is 2.21. The van der Waals surface area contributed by atoms with Crippen molar-refractivity contribution in [2.75, 3.05) is 11.5 Å². The molecule has 2 rings (SSSR count). The lowest BCUT2D eigenvalue weighted by Crippen LogP contribution is -2.20. The molecule has 0 atom stereocenters. The van der Waals surface area contributed by atoms with Gasteiger partial charge in [0.1, 0.15) is 0 Å². The average Bonchev–Trinajstić information content (AvgIpc) is 2.47. The van der Waals surface area contributed by atoms with E-state index in [-0.39, 0.29) is 11.8 Å². The summed E-state index contributed by atoms with van der Waals surface area (Å²) in [4.78, 5) is 22.2. The molecule has 1 N–H and O–H groups in total. The number of hydrogen-bond donors (Lipinski definition) is 1. The van der Waals surface area contributed by atoms with Gasteiger partial charge in [0, 0.05) is 5.57 Å². The van der Waals surface area contributed by atoms with Gasteiger partial charge in [-0.3, -0.25) is 14.9 Å². The summed E-state index contributed by atoms with van der Waals surface area (Å²) in [6.45, 7) is 0. The van der Waals surface area contributed by atoms with Crippen molar-refractivity contribution in [1.29, 1.82) is 0 Å². The summed E-state index contributed by atoms with van der Waals surface area (Å²) in [5, 5.41) is 2.32. The molecule has 70 valence electrons. The minimum atomic E-state index is -0.160. The van der Waals surface area contributed by atoms with Crippen LogP contribution in [0.3, 0.4) is 0 Å². The molecule has 0 aromatic heterocycles. The molecule has 0 radical (unpaired) electrons. The second kappa shape index (κ2) is 3.54. The van der Waals surface area contributed by atoms with Crippen LogP contribution >= 0.6 is 11.8 Å². The Morgan fingerprint density at radius 1 is 1.15 bits per heavy atom. The molecule has 0 bridgehead atoms. The van der Waals surface area contributed by atoms with Crippen LogP contribution in [0.25, 0.3) is 0 Å². The molecular weight excluding hydrogens is 186 g/mol. The van der Waals surface area contributed by atoms with E-state index in [1.54, 1.807) is 0 Å². The first kappa shape index (κ1) is 8.81. The van der Waals surface area contributed by atoms with E-state index in [1.165, 1.54) is 5.57 Å². The van der Waals surface area contributed by atoms with Crippen LogP contribution in [0.4, 0.5) is 0 Å². The Morgan fingerprint density at radius 3 is 2.38 bits per heavy atom. The lowest BCUT2D eigenvalue weighted by Gasteiger charge is -2.14. The van der Waals surface area contributed by atoms with Gasteiger partial charge in [0.15, 0.2) is 0 Å². The molecule has 2 fully saturated rings. The molecule has 2 aliphatic rings. The third kappa shape index (κ3) is 1.77. The van der Waals surface area contributed by atoms with Gasteiger partial charge in [-0.05, 0) is 24.3 Å². The van der Waals surface area contributed by atoms with E-state index >= 15 is 0 Å². The van der Waals surface area contributed by atoms with Gasteiger partial charge < -0.3 is 0 Å². The van der Waals surface area contributed by atoms with Crippen LogP contribution in [0, 0.1) is 0 Å². The summed E-state index contributed by atoms with van der Waals surface area (Å²) in [5.74, 6) is 1.86. The molecule has 0 aliphatic carbocycles. The zero-order chi connectivity index (χ0) is 9.26. The second-order valence-corrected chi connectivity index (χ2v) is 4.47. The largest absolute Gasteiger partial charge is 0.292 e. The Hall–Kier alpha value is -0.770. The highest BCUT2D eigenvalue weighted by Gasteiger charge is 2.27. The van der Waals surface area contributed by atoms with E-state index in [9.17, 15) is 9.59 Å². The van der Waals surface area contributed by atoms with Crippen molar-refractivity contribution in [3.05, 3.63) is 11.1 Å². The SMILES string of the molecule is O=C1CC(=C2CCSCC2)C(=O)N1. The van der Waals surface area contributed by atoms with E-state index in [1.807, 2.05) is 11.8 Å². The molecule has 2 heterocycles. The maximum absolute atomic E-state index is 11.3. The van der Waals surface area contributed by atoms with Crippen LogP contribution in [0.2, 0.25) is 0 Å². The fourth-order valence-corrected chi connectivity index (χ4v) is 2.68. The minimum Gasteiger partial charge on any atom is -0.292 e. The first-order chi connectivity index (χ1) is 6.27. The Morgan fingerprint density at radius 2 is 1.85 bits per heavy atom. The molecule has 4 heteroatoms. The molecule has 0 aromatic rings. The first-order valence-electron chi connectivity index (χ1n) is 4.40. The van der Waals surface area contributed by atoms with Crippen LogP contribution in [0.15, 0.2) is 11.1 Å². The van der Waals surface area contributed by atoms with Crippen molar-refractivity contribution >= 4 is 23.6 Å². The molecular formula is C9H11NO2S. The van der Waals surface area contributed by atoms with Gasteiger partial charge in [-0.1, -0.05) is 5.57 Å². The summed E-state index contributed by atoms with van der Waals surface area (Å²) in [6, 6.07) is 0. The molecule has 13 heavy (non-hydrogen) atoms. The Bertz CT molecular complexity index is 288. The van der Waals surface area contributed by atoms with Crippen LogP contribution in [0.5, 0.6) is 0 Å². The van der Waals surface area contributed by atoms with Gasteiger partial charge in [0.25, 0.3) is 5.91 Å². The normalized spacial score (nSPS) is 23.7. The Labute approximate surface area is 81.0 Å². The maximum atomic E-state index is 11.3. The van der Waals surface area contributed by atoms with Crippen molar-refractivity contribution < 1.29 is 9.59 Å². The lowest BCUT2D eigenvalue weighted by molar-refractivity contribution is -0.124. The van der Waals surface area contributed by atoms with Gasteiger partial charge in [0.2, 0.25) is 5.91 Å². The van der Waals surface area contributed by atoms with Gasteiger partial charge in [0.05, 0.1) is 6.42 Å². The smallest absolute Gasteiger partial charge is 0.254 e. The van der Waals surface area contributed by atoms with E-state index in [0.29, 0.717) is 6.42 Å². The number of nitrogens with one attached hydrogen (secondary N) is 1. The van der Waals surface area contributed by atoms with Crippen molar-refractivity contribution in [3.63, 3.8) is 0 Å². The van der Waals surface area contributed by atoms with Crippen molar-refractivity contribution in [2.24, 2.45) is 0 Å². The minimum absolute atomic E-state index is 0.147. The third-order valence-electron chi connectivity index (χ3n) is 2.39. The molecule has 2 amide bonds. The Kier molecular flexibility index (Phi) is 2.40. The maximum Gasteiger partial charge on any atom is 0.254 e. The number of imide groups is 1. The summed E-state index contributed by atoms with van der Waals surface area (Å²) in [6.07, 6.45) is 2.25. The van der Waals surface area contributed by atoms with E-state index < -0.39 is 0 Å². The highest BCUT2D eigenvalue weighted by molar-refractivity contribution is 7.99. The molecule has 0 aromatic carbocycles. The van der Waals surface area contributed by atoms with Gasteiger partial charge in [-0.15, -0.1) is 0 Å². The zero-order valence-corrected chi connectivity index (χ0v) is 8.08. The number of rotatable bonds is 0. The van der Waals surface area contributed by atoms with E-state index in [0.717, 1.165) is 29.9 Å². The van der Waals surface area contributed by atoms with Crippen LogP contribution in [-0.2, 0) is 9.59 Å². The van der Waals surface area contributed by atoms with Crippen molar-refractivity contribution in [2.45, 2.75) is 19.3 Å². The number of allylic oxidation sites excluding steroid dienone is 1. The van der Waals surface area contributed by atoms with Crippen LogP contribution in [-0.4, -0.2) is 23.3 Å². The molecule has 2 saturated heterocycles. The van der Waals surface area contributed by atoms with Crippen molar-refractivity contribution in [3.8, 4) is 0 Å². The molecule has 2 aliphatic heterocycles. The summed E-state index contributed by atoms with van der Waals surface area (Å²) in [5.41, 5.74) is 1.94. The van der Waals surface area contributed by atoms with Crippen molar-refractivity contribution in [1.82, 2.24) is 5.32 Å². The molecule has 3 nitrogen and oxygen atoms in total. The number of hydrogen-bond acceptors (Lipinski definition) is 3. The fraction of sp³-hybridized carbons (Fsp3) is 0.556. The molecule has 0 unspecified atom stereocenters. The van der Waals surface area contributed by atoms with Gasteiger partial charge in [-0.25, -0.2) is 0 Å². The topological polar surface area (TPSA) is 46.2 Å². The summed E-state index contributed by atoms with van der Waals surface area (Å²) >= 11 is 1.91. The monoisotopic (exact) mass is 197 g/mol.